The Morgan fingerprint density at radius 3 is 2.24 bits per heavy atom. The number of hydrogen-bond acceptors (Lipinski definition) is 5. The van der Waals surface area contributed by atoms with E-state index in [0.29, 0.717) is 11.1 Å². The molecule has 2 amide bonds. The predicted octanol–water partition coefficient (Wildman–Crippen LogP) is 2.37. The number of carboxylic acid groups (broad SMARTS) is 1. The predicted molar refractivity (Wildman–Crippen MR) is 122 cm³/mol. The van der Waals surface area contributed by atoms with Gasteiger partial charge >= 0.3 is 11.7 Å². The third-order valence-electron chi connectivity index (χ3n) is 5.18. The maximum absolute atomic E-state index is 12.9. The van der Waals surface area contributed by atoms with Crippen LogP contribution in [0.5, 0.6) is 0 Å². The Kier molecular flexibility index (Phi) is 7.02. The van der Waals surface area contributed by atoms with Crippen molar-refractivity contribution in [3.8, 4) is 0 Å². The molecule has 0 aliphatic rings. The van der Waals surface area contributed by atoms with E-state index >= 15 is 0 Å². The van der Waals surface area contributed by atoms with Crippen molar-refractivity contribution in [2.45, 2.75) is 33.2 Å². The molecule has 0 aliphatic carbocycles. The minimum absolute atomic E-state index is 0.0264. The van der Waals surface area contributed by atoms with Gasteiger partial charge in [-0.1, -0.05) is 35.9 Å². The summed E-state index contributed by atoms with van der Waals surface area (Å²) in [6, 6.07) is 10.8. The number of hydrogen-bond donors (Lipinski definition) is 4. The van der Waals surface area contributed by atoms with Crippen LogP contribution in [0.1, 0.15) is 43.0 Å². The normalized spacial score (nSPS) is 11.5. The summed E-state index contributed by atoms with van der Waals surface area (Å²) in [6.45, 7) is 5.46. The Morgan fingerprint density at radius 1 is 1.00 bits per heavy atom. The van der Waals surface area contributed by atoms with Gasteiger partial charge in [0.1, 0.15) is 11.9 Å². The topological polar surface area (TPSA) is 141 Å². The van der Waals surface area contributed by atoms with Gasteiger partial charge in [0, 0.05) is 29.3 Å². The molecule has 1 atom stereocenters. The molecule has 3 aromatic rings. The quantitative estimate of drug-likeness (QED) is 0.437. The second-order valence-corrected chi connectivity index (χ2v) is 7.74. The fraction of sp³-hybridized carbons (Fsp3) is 0.208. The Hall–Kier alpha value is -4.27. The summed E-state index contributed by atoms with van der Waals surface area (Å²) in [6.07, 6.45) is 0.978. The minimum Gasteiger partial charge on any atom is -0.480 e. The Bertz CT molecular complexity index is 1240. The van der Waals surface area contributed by atoms with E-state index in [2.05, 4.69) is 20.6 Å². The van der Waals surface area contributed by atoms with Gasteiger partial charge in [0.25, 0.3) is 11.8 Å². The molecule has 4 N–H and O–H groups in total. The third-order valence-corrected chi connectivity index (χ3v) is 5.18. The Morgan fingerprint density at radius 2 is 1.64 bits per heavy atom. The Balaban J connectivity index is 1.85. The number of carboxylic acids is 1. The molecule has 1 aromatic heterocycles. The van der Waals surface area contributed by atoms with Gasteiger partial charge in [-0.05, 0) is 44.0 Å². The molecule has 0 aliphatic heterocycles. The summed E-state index contributed by atoms with van der Waals surface area (Å²) in [7, 11) is 0. The fourth-order valence-corrected chi connectivity index (χ4v) is 3.40. The lowest BCUT2D eigenvalue weighted by Gasteiger charge is -2.17. The highest BCUT2D eigenvalue weighted by Gasteiger charge is 2.24. The zero-order chi connectivity index (χ0) is 24.1. The number of aryl methyl sites for hydroxylation is 3. The third kappa shape index (κ3) is 5.70. The molecule has 0 bridgehead atoms. The van der Waals surface area contributed by atoms with E-state index in [4.69, 9.17) is 0 Å². The van der Waals surface area contributed by atoms with Gasteiger partial charge in [-0.2, -0.15) is 0 Å². The maximum atomic E-state index is 12.9. The molecule has 3 rings (SSSR count). The van der Waals surface area contributed by atoms with Crippen molar-refractivity contribution in [1.29, 1.82) is 0 Å². The van der Waals surface area contributed by atoms with Crippen molar-refractivity contribution < 1.29 is 19.5 Å². The van der Waals surface area contributed by atoms with Gasteiger partial charge in [-0.3, -0.25) is 14.6 Å². The number of H-pyrrole nitrogens is 1. The number of carbonyl (C=O) groups is 3. The van der Waals surface area contributed by atoms with Crippen LogP contribution in [0, 0.1) is 20.8 Å². The second-order valence-electron chi connectivity index (χ2n) is 7.74. The van der Waals surface area contributed by atoms with Gasteiger partial charge in [0.15, 0.2) is 0 Å². The van der Waals surface area contributed by atoms with Crippen molar-refractivity contribution in [3.63, 3.8) is 0 Å². The number of aromatic nitrogens is 2. The highest BCUT2D eigenvalue weighted by atomic mass is 16.4. The zero-order valence-corrected chi connectivity index (χ0v) is 18.4. The maximum Gasteiger partial charge on any atom is 0.346 e. The molecule has 1 heterocycles. The summed E-state index contributed by atoms with van der Waals surface area (Å²) in [5, 5.41) is 14.8. The molecule has 0 saturated carbocycles. The molecule has 0 spiro atoms. The van der Waals surface area contributed by atoms with E-state index in [1.54, 1.807) is 50.2 Å². The highest BCUT2D eigenvalue weighted by molar-refractivity contribution is 6.06. The lowest BCUT2D eigenvalue weighted by atomic mass is 10.0. The number of nitrogens with one attached hydrogen (secondary N) is 3. The van der Waals surface area contributed by atoms with Crippen LogP contribution in [-0.2, 0) is 11.2 Å². The molecule has 1 unspecified atom stereocenters. The summed E-state index contributed by atoms with van der Waals surface area (Å²) in [5.74, 6) is -2.25. The number of rotatable bonds is 7. The van der Waals surface area contributed by atoms with Crippen LogP contribution in [0.4, 0.5) is 5.82 Å². The molecule has 0 saturated heterocycles. The standard InChI is InChI=1S/C24H24N4O5/c1-13-7-9-16(10-8-13)21(29)26-18(23(31)32)11-17-12-25-24(33)28-20(17)27-22(30)19-14(2)5-4-6-15(19)3/h4-10,12,18H,11H2,1-3H3,(H,26,29)(H,31,32)(H2,25,27,28,30,33). The van der Waals surface area contributed by atoms with E-state index in [0.717, 1.165) is 16.7 Å². The molecule has 9 nitrogen and oxygen atoms in total. The molecule has 0 fully saturated rings. The molecule has 9 heteroatoms. The first-order valence-electron chi connectivity index (χ1n) is 10.2. The SMILES string of the molecule is Cc1ccc(C(=O)NC(Cc2cnc(=O)[nH]c2NC(=O)c2c(C)cccc2C)C(=O)O)cc1. The van der Waals surface area contributed by atoms with Gasteiger partial charge in [-0.15, -0.1) is 0 Å². The first-order valence-corrected chi connectivity index (χ1v) is 10.2. The van der Waals surface area contributed by atoms with Crippen LogP contribution in [0.15, 0.2) is 53.5 Å². The Labute approximate surface area is 189 Å². The van der Waals surface area contributed by atoms with Crippen LogP contribution >= 0.6 is 0 Å². The van der Waals surface area contributed by atoms with Gasteiger partial charge in [-0.25, -0.2) is 14.6 Å². The first kappa shape index (κ1) is 23.4. The largest absolute Gasteiger partial charge is 0.480 e. The van der Waals surface area contributed by atoms with Gasteiger partial charge < -0.3 is 15.7 Å². The molecule has 33 heavy (non-hydrogen) atoms. The van der Waals surface area contributed by atoms with Crippen LogP contribution in [0.3, 0.4) is 0 Å². The number of anilines is 1. The van der Waals surface area contributed by atoms with Crippen LogP contribution in [0.25, 0.3) is 0 Å². The van der Waals surface area contributed by atoms with Crippen LogP contribution in [-0.4, -0.2) is 38.9 Å². The number of aromatic amines is 1. The highest BCUT2D eigenvalue weighted by Crippen LogP contribution is 2.18. The lowest BCUT2D eigenvalue weighted by Crippen LogP contribution is -2.42. The van der Waals surface area contributed by atoms with Crippen molar-refractivity contribution in [2.75, 3.05) is 5.32 Å². The van der Waals surface area contributed by atoms with Gasteiger partial charge in [0.2, 0.25) is 0 Å². The molecule has 2 aromatic carbocycles. The first-order chi connectivity index (χ1) is 15.7. The number of nitrogens with zero attached hydrogens (tertiary/aromatic N) is 1. The van der Waals surface area contributed by atoms with Gasteiger partial charge in [0.05, 0.1) is 0 Å². The number of amides is 2. The van der Waals surface area contributed by atoms with Crippen LogP contribution in [0.2, 0.25) is 0 Å². The molecular weight excluding hydrogens is 424 g/mol. The van der Waals surface area contributed by atoms with E-state index in [1.165, 1.54) is 6.20 Å². The molecule has 170 valence electrons. The van der Waals surface area contributed by atoms with Crippen molar-refractivity contribution >= 4 is 23.6 Å². The number of carbonyl (C=O) groups excluding carboxylic acids is 2. The zero-order valence-electron chi connectivity index (χ0n) is 18.4. The second kappa shape index (κ2) is 9.90. The van der Waals surface area contributed by atoms with Crippen molar-refractivity contribution in [1.82, 2.24) is 15.3 Å². The van der Waals surface area contributed by atoms with Crippen molar-refractivity contribution in [3.05, 3.63) is 92.5 Å². The average Bonchev–Trinajstić information content (AvgIpc) is 2.75. The number of benzene rings is 2. The van der Waals surface area contributed by atoms with E-state index in [1.807, 2.05) is 13.0 Å². The smallest absolute Gasteiger partial charge is 0.346 e. The summed E-state index contributed by atoms with van der Waals surface area (Å²) in [5.41, 5.74) is 2.78. The lowest BCUT2D eigenvalue weighted by molar-refractivity contribution is -0.139. The average molecular weight is 448 g/mol. The van der Waals surface area contributed by atoms with E-state index in [9.17, 15) is 24.3 Å². The van der Waals surface area contributed by atoms with Crippen molar-refractivity contribution in [2.24, 2.45) is 0 Å². The monoisotopic (exact) mass is 448 g/mol. The van der Waals surface area contributed by atoms with E-state index in [-0.39, 0.29) is 17.8 Å². The molecule has 0 radical (unpaired) electrons. The summed E-state index contributed by atoms with van der Waals surface area (Å²) < 4.78 is 0. The fourth-order valence-electron chi connectivity index (χ4n) is 3.40. The minimum atomic E-state index is -1.32. The summed E-state index contributed by atoms with van der Waals surface area (Å²) in [4.78, 5) is 55.1. The van der Waals surface area contributed by atoms with E-state index < -0.39 is 29.5 Å². The molecular formula is C24H24N4O5. The number of aliphatic carboxylic acids is 1. The summed E-state index contributed by atoms with van der Waals surface area (Å²) >= 11 is 0. The van der Waals surface area contributed by atoms with Crippen LogP contribution < -0.4 is 16.3 Å².